The first kappa shape index (κ1) is 45.4. The van der Waals surface area contributed by atoms with Gasteiger partial charge >= 0.3 is 0 Å². The molecule has 0 spiro atoms. The Bertz CT molecular complexity index is 3680. The normalized spacial score (nSPS) is 18.8. The second-order valence-electron chi connectivity index (χ2n) is 26.3. The van der Waals surface area contributed by atoms with Crippen molar-refractivity contribution in [3.8, 4) is 11.4 Å². The molecule has 3 aliphatic rings. The lowest BCUT2D eigenvalue weighted by Crippen LogP contribution is -2.75. The minimum absolute atomic E-state index is 0.0474. The van der Waals surface area contributed by atoms with Crippen molar-refractivity contribution in [1.82, 2.24) is 9.13 Å². The zero-order chi connectivity index (χ0) is 50.1. The third-order valence-electron chi connectivity index (χ3n) is 18.4. The van der Waals surface area contributed by atoms with Crippen molar-refractivity contribution in [1.29, 1.82) is 0 Å². The number of rotatable bonds is 6. The van der Waals surface area contributed by atoms with E-state index in [0.29, 0.717) is 0 Å². The Balaban J connectivity index is 1.11. The molecule has 2 aromatic heterocycles. The number of para-hydroxylation sites is 3. The van der Waals surface area contributed by atoms with Crippen molar-refractivity contribution in [2.45, 2.75) is 135 Å². The number of hydrogen-bond donors (Lipinski definition) is 0. The molecule has 3 heteroatoms. The molecule has 0 N–H and O–H groups in total. The molecule has 0 unspecified atom stereocenters. The lowest BCUT2D eigenvalue weighted by atomic mass is 9.82. The highest BCUT2D eigenvalue weighted by molar-refractivity contribution is 7.20. The van der Waals surface area contributed by atoms with E-state index in [2.05, 4.69) is 262 Å². The summed E-state index contributed by atoms with van der Waals surface area (Å²) in [5.74, 6) is 0. The minimum Gasteiger partial charge on any atom is -0.309 e. The Hall–Kier alpha value is -6.42. The third-order valence-corrected chi connectivity index (χ3v) is 23.1. The maximum atomic E-state index is 2.71. The Labute approximate surface area is 428 Å². The monoisotopic (exact) mass is 955 g/mol. The summed E-state index contributed by atoms with van der Waals surface area (Å²) in [5, 5.41) is 10.9. The first-order valence-corrected chi connectivity index (χ1v) is 28.7. The summed E-state index contributed by atoms with van der Waals surface area (Å²) in [6.45, 7) is 29.7. The zero-order valence-corrected chi connectivity index (χ0v) is 45.7. The summed E-state index contributed by atoms with van der Waals surface area (Å²) in [5.41, 5.74) is 16.8. The van der Waals surface area contributed by atoms with Crippen LogP contribution in [-0.2, 0) is 32.5 Å². The molecule has 0 saturated heterocycles. The predicted molar refractivity (Wildman–Crippen MR) is 311 cm³/mol. The van der Waals surface area contributed by atoms with E-state index in [1.54, 1.807) is 0 Å². The van der Waals surface area contributed by atoms with Crippen LogP contribution >= 0.6 is 0 Å². The van der Waals surface area contributed by atoms with Crippen LogP contribution in [0.4, 0.5) is 0 Å². The fourth-order valence-electron chi connectivity index (χ4n) is 16.1. The number of fused-ring (bicyclic) bond motifs is 9. The van der Waals surface area contributed by atoms with Gasteiger partial charge in [-0.3, -0.25) is 0 Å². The molecule has 0 saturated carbocycles. The van der Waals surface area contributed by atoms with Gasteiger partial charge in [-0.25, -0.2) is 0 Å². The third kappa shape index (κ3) is 6.31. The summed E-state index contributed by atoms with van der Waals surface area (Å²) in [7, 11) is -3.15. The van der Waals surface area contributed by atoms with E-state index in [1.165, 1.54) is 109 Å². The molecule has 360 valence electrons. The maximum absolute atomic E-state index is 3.15. The molecule has 3 aliphatic carbocycles. The van der Waals surface area contributed by atoms with Gasteiger partial charge in [-0.15, -0.1) is 0 Å². The van der Waals surface area contributed by atoms with Gasteiger partial charge in [0.2, 0.25) is 0 Å². The van der Waals surface area contributed by atoms with E-state index in [4.69, 9.17) is 0 Å². The molecule has 2 heterocycles. The van der Waals surface area contributed by atoms with Crippen LogP contribution in [0.1, 0.15) is 136 Å². The van der Waals surface area contributed by atoms with Gasteiger partial charge in [0.15, 0.2) is 8.07 Å². The number of hydrogen-bond acceptors (Lipinski definition) is 0. The average molecular weight is 955 g/mol. The molecule has 2 nitrogen and oxygen atoms in total. The second-order valence-corrected chi connectivity index (χ2v) is 30.1. The van der Waals surface area contributed by atoms with Crippen molar-refractivity contribution in [3.05, 3.63) is 203 Å². The summed E-state index contributed by atoms with van der Waals surface area (Å²) in [6, 6.07) is 67.3. The number of benzene rings is 8. The van der Waals surface area contributed by atoms with E-state index in [-0.39, 0.29) is 32.5 Å². The van der Waals surface area contributed by atoms with Gasteiger partial charge in [0.05, 0.1) is 22.1 Å². The Morgan fingerprint density at radius 1 is 0.278 bits per heavy atom. The molecule has 0 fully saturated rings. The molecule has 0 aliphatic heterocycles. The smallest absolute Gasteiger partial charge is 0.179 e. The van der Waals surface area contributed by atoms with Crippen molar-refractivity contribution in [2.75, 3.05) is 0 Å². The molecule has 13 rings (SSSR count). The van der Waals surface area contributed by atoms with Crippen LogP contribution in [0.5, 0.6) is 0 Å². The SMILES string of the molecule is CC1(C)CC(C)(C)c2cc([Si](c3cccc(-n4c5ccccc5c5cc(-n6c7ccccc7c7ccccc76)ccc54)c3)(c3ccc4c(c3)C(C)(C)CC4(C)C)c3ccc4c(c3)C(C)(C)CC4(C)C)ccc21. The van der Waals surface area contributed by atoms with Crippen molar-refractivity contribution in [3.63, 3.8) is 0 Å². The van der Waals surface area contributed by atoms with Gasteiger partial charge in [0.1, 0.15) is 0 Å². The molecule has 0 radical (unpaired) electrons. The molecule has 8 aromatic carbocycles. The highest BCUT2D eigenvalue weighted by Gasteiger charge is 2.50. The van der Waals surface area contributed by atoms with Crippen LogP contribution < -0.4 is 20.7 Å². The van der Waals surface area contributed by atoms with E-state index in [0.717, 1.165) is 19.3 Å². The van der Waals surface area contributed by atoms with Crippen molar-refractivity contribution in [2.24, 2.45) is 0 Å². The second kappa shape index (κ2) is 14.9. The summed E-state index contributed by atoms with van der Waals surface area (Å²) in [6.07, 6.45) is 3.41. The van der Waals surface area contributed by atoms with Crippen LogP contribution in [0.25, 0.3) is 55.0 Å². The molecule has 0 amide bonds. The van der Waals surface area contributed by atoms with Crippen LogP contribution in [0.3, 0.4) is 0 Å². The van der Waals surface area contributed by atoms with Gasteiger partial charge in [0.25, 0.3) is 0 Å². The predicted octanol–water partition coefficient (Wildman–Crippen LogP) is 15.1. The van der Waals surface area contributed by atoms with Crippen LogP contribution in [0.2, 0.25) is 0 Å². The first-order valence-electron chi connectivity index (χ1n) is 26.7. The van der Waals surface area contributed by atoms with E-state index in [1.807, 2.05) is 0 Å². The maximum Gasteiger partial charge on any atom is 0.179 e. The summed E-state index contributed by atoms with van der Waals surface area (Å²) < 4.78 is 5.01. The minimum atomic E-state index is -3.15. The van der Waals surface area contributed by atoms with Gasteiger partial charge in [-0.2, -0.15) is 0 Å². The summed E-state index contributed by atoms with van der Waals surface area (Å²) in [4.78, 5) is 0. The molecular formula is C69H70N2Si. The van der Waals surface area contributed by atoms with Crippen molar-refractivity contribution < 1.29 is 0 Å². The summed E-state index contributed by atoms with van der Waals surface area (Å²) >= 11 is 0. The lowest BCUT2D eigenvalue weighted by Gasteiger charge is -2.37. The fraction of sp³-hybridized carbons (Fsp3) is 0.304. The topological polar surface area (TPSA) is 9.86 Å². The van der Waals surface area contributed by atoms with Gasteiger partial charge in [-0.1, -0.05) is 204 Å². The number of aromatic nitrogens is 2. The molecule has 10 aromatic rings. The molecular weight excluding hydrogens is 885 g/mol. The Kier molecular flexibility index (Phi) is 9.37. The Morgan fingerprint density at radius 2 is 0.611 bits per heavy atom. The number of nitrogens with zero attached hydrogens (tertiary/aromatic N) is 2. The van der Waals surface area contributed by atoms with Gasteiger partial charge in [-0.05, 0) is 154 Å². The van der Waals surface area contributed by atoms with Gasteiger partial charge < -0.3 is 9.13 Å². The quantitative estimate of drug-likeness (QED) is 0.116. The van der Waals surface area contributed by atoms with E-state index in [9.17, 15) is 0 Å². The van der Waals surface area contributed by atoms with E-state index >= 15 is 0 Å². The van der Waals surface area contributed by atoms with Crippen molar-refractivity contribution >= 4 is 72.4 Å². The highest BCUT2D eigenvalue weighted by atomic mass is 28.3. The fourth-order valence-corrected chi connectivity index (χ4v) is 20.9. The Morgan fingerprint density at radius 3 is 1.03 bits per heavy atom. The average Bonchev–Trinajstić information content (AvgIpc) is 4.02. The first-order chi connectivity index (χ1) is 34.1. The largest absolute Gasteiger partial charge is 0.309 e. The molecule has 0 bridgehead atoms. The van der Waals surface area contributed by atoms with Crippen LogP contribution in [0.15, 0.2) is 170 Å². The van der Waals surface area contributed by atoms with Crippen LogP contribution in [0, 0.1) is 0 Å². The lowest BCUT2D eigenvalue weighted by molar-refractivity contribution is 0.403. The molecule has 0 atom stereocenters. The highest BCUT2D eigenvalue weighted by Crippen LogP contribution is 2.52. The van der Waals surface area contributed by atoms with Crippen LogP contribution in [-0.4, -0.2) is 17.2 Å². The van der Waals surface area contributed by atoms with E-state index < -0.39 is 8.07 Å². The zero-order valence-electron chi connectivity index (χ0n) is 44.7. The standard InChI is InChI=1S/C69H70N2Si/c1-64(2)41-67(7,8)57-38-47(29-32-54(57)64)72(48-30-33-55-58(39-48)68(9,10)42-65(55,3)4,49-31-34-56-59(40-49)69(11,12)43-66(56,5)6)46-21-19-20-44(36-46)70-62-27-18-15-24-52(62)53-37-45(28-35-63(53)70)71-60-25-16-13-22-50(60)51-23-14-17-26-61(51)71/h13-40H,41-43H2,1-12H3. The van der Waals surface area contributed by atoms with Gasteiger partial charge in [0, 0.05) is 32.9 Å². The molecule has 72 heavy (non-hydrogen) atoms.